The molecule has 13 heavy (non-hydrogen) atoms. The maximum Gasteiger partial charge on any atom is 0.319 e. The Hall–Kier alpha value is -1.30. The standard InChI is InChI=1S/C7H9NO4S/c1-8-4-2-3-6(8)13(11,12)5-7(9)10/h2-4H,5H2,1H3,(H,9,10). The highest BCUT2D eigenvalue weighted by molar-refractivity contribution is 7.92. The smallest absolute Gasteiger partial charge is 0.319 e. The van der Waals surface area contributed by atoms with Crippen molar-refractivity contribution in [2.75, 3.05) is 5.75 Å². The summed E-state index contributed by atoms with van der Waals surface area (Å²) in [6.07, 6.45) is 1.55. The molecule has 72 valence electrons. The van der Waals surface area contributed by atoms with Crippen LogP contribution in [0.4, 0.5) is 0 Å². The Kier molecular flexibility index (Phi) is 2.42. The van der Waals surface area contributed by atoms with Gasteiger partial charge < -0.3 is 9.67 Å². The minimum Gasteiger partial charge on any atom is -0.480 e. The van der Waals surface area contributed by atoms with Crippen molar-refractivity contribution < 1.29 is 18.3 Å². The molecule has 0 aliphatic rings. The molecule has 0 fully saturated rings. The number of rotatable bonds is 3. The first kappa shape index (κ1) is 9.79. The molecule has 0 saturated heterocycles. The largest absolute Gasteiger partial charge is 0.480 e. The lowest BCUT2D eigenvalue weighted by Gasteiger charge is -2.01. The molecule has 5 nitrogen and oxygen atoms in total. The Morgan fingerprint density at radius 1 is 1.62 bits per heavy atom. The Morgan fingerprint density at radius 3 is 2.62 bits per heavy atom. The average molecular weight is 203 g/mol. The van der Waals surface area contributed by atoms with E-state index in [1.165, 1.54) is 10.6 Å². The van der Waals surface area contributed by atoms with E-state index in [1.807, 2.05) is 0 Å². The van der Waals surface area contributed by atoms with Gasteiger partial charge in [0.2, 0.25) is 9.84 Å². The fourth-order valence-electron chi connectivity index (χ4n) is 1.01. The van der Waals surface area contributed by atoms with Crippen LogP contribution < -0.4 is 0 Å². The predicted molar refractivity (Wildman–Crippen MR) is 45.1 cm³/mol. The lowest BCUT2D eigenvalue weighted by molar-refractivity contribution is -0.134. The monoisotopic (exact) mass is 203 g/mol. The lowest BCUT2D eigenvalue weighted by atomic mass is 10.7. The normalized spacial score (nSPS) is 11.5. The van der Waals surface area contributed by atoms with Crippen LogP contribution in [0.2, 0.25) is 0 Å². The minimum atomic E-state index is -3.68. The number of carboxylic acids is 1. The van der Waals surface area contributed by atoms with Gasteiger partial charge in [-0.15, -0.1) is 0 Å². The topological polar surface area (TPSA) is 76.4 Å². The summed E-state index contributed by atoms with van der Waals surface area (Å²) in [6.45, 7) is 0. The molecule has 6 heteroatoms. The minimum absolute atomic E-state index is 0.0231. The summed E-state index contributed by atoms with van der Waals surface area (Å²) in [5, 5.41) is 8.37. The molecule has 0 aromatic carbocycles. The van der Waals surface area contributed by atoms with Crippen molar-refractivity contribution in [2.24, 2.45) is 7.05 Å². The number of sulfone groups is 1. The van der Waals surface area contributed by atoms with Crippen molar-refractivity contribution in [1.29, 1.82) is 0 Å². The summed E-state index contributed by atoms with van der Waals surface area (Å²) in [7, 11) is -2.13. The number of aryl methyl sites for hydroxylation is 1. The lowest BCUT2D eigenvalue weighted by Crippen LogP contribution is -2.17. The van der Waals surface area contributed by atoms with Crippen molar-refractivity contribution in [1.82, 2.24) is 4.57 Å². The Labute approximate surface area is 75.5 Å². The predicted octanol–water partition coefficient (Wildman–Crippen LogP) is -0.117. The second-order valence-corrected chi connectivity index (χ2v) is 4.55. The second kappa shape index (κ2) is 3.21. The summed E-state index contributed by atoms with van der Waals surface area (Å²) in [5.41, 5.74) is 0. The quantitative estimate of drug-likeness (QED) is 0.743. The fraction of sp³-hybridized carbons (Fsp3) is 0.286. The SMILES string of the molecule is Cn1cccc1S(=O)(=O)CC(=O)O. The maximum atomic E-state index is 11.3. The van der Waals surface area contributed by atoms with Crippen LogP contribution in [0, 0.1) is 0 Å². The molecule has 1 aromatic heterocycles. The highest BCUT2D eigenvalue weighted by atomic mass is 32.2. The van der Waals surface area contributed by atoms with Crippen LogP contribution in [0.3, 0.4) is 0 Å². The van der Waals surface area contributed by atoms with Crippen molar-refractivity contribution in [3.8, 4) is 0 Å². The van der Waals surface area contributed by atoms with Crippen molar-refractivity contribution >= 4 is 15.8 Å². The van der Waals surface area contributed by atoms with Gasteiger partial charge in [-0.1, -0.05) is 0 Å². The summed E-state index contributed by atoms with van der Waals surface area (Å²) < 4.78 is 24.0. The van der Waals surface area contributed by atoms with Crippen LogP contribution in [-0.2, 0) is 21.7 Å². The number of carboxylic acid groups (broad SMARTS) is 1. The Bertz CT molecular complexity index is 417. The molecular weight excluding hydrogens is 194 g/mol. The zero-order valence-electron chi connectivity index (χ0n) is 6.97. The first-order chi connectivity index (χ1) is 5.93. The van der Waals surface area contributed by atoms with Crippen LogP contribution >= 0.6 is 0 Å². The van der Waals surface area contributed by atoms with Gasteiger partial charge in [-0.2, -0.15) is 0 Å². The zero-order chi connectivity index (χ0) is 10.1. The number of carbonyl (C=O) groups is 1. The van der Waals surface area contributed by atoms with Gasteiger partial charge in [0.15, 0.2) is 5.75 Å². The van der Waals surface area contributed by atoms with Gasteiger partial charge in [-0.25, -0.2) is 8.42 Å². The van der Waals surface area contributed by atoms with E-state index in [-0.39, 0.29) is 5.03 Å². The number of aromatic nitrogens is 1. The number of hydrogen-bond donors (Lipinski definition) is 1. The number of nitrogens with zero attached hydrogens (tertiary/aromatic N) is 1. The van der Waals surface area contributed by atoms with E-state index in [1.54, 1.807) is 19.3 Å². The van der Waals surface area contributed by atoms with E-state index >= 15 is 0 Å². The molecule has 0 spiro atoms. The highest BCUT2D eigenvalue weighted by Crippen LogP contribution is 2.10. The van der Waals surface area contributed by atoms with Gasteiger partial charge in [0.1, 0.15) is 5.03 Å². The van der Waals surface area contributed by atoms with Gasteiger partial charge in [-0.05, 0) is 12.1 Å². The molecule has 0 radical (unpaired) electrons. The van der Waals surface area contributed by atoms with E-state index in [9.17, 15) is 13.2 Å². The van der Waals surface area contributed by atoms with Crippen LogP contribution in [0.25, 0.3) is 0 Å². The first-order valence-electron chi connectivity index (χ1n) is 3.49. The van der Waals surface area contributed by atoms with Gasteiger partial charge in [0.05, 0.1) is 0 Å². The van der Waals surface area contributed by atoms with Crippen LogP contribution in [0.1, 0.15) is 0 Å². The molecule has 0 aliphatic heterocycles. The average Bonchev–Trinajstić information content (AvgIpc) is 2.32. The summed E-state index contributed by atoms with van der Waals surface area (Å²) >= 11 is 0. The van der Waals surface area contributed by atoms with E-state index in [4.69, 9.17) is 5.11 Å². The molecule has 0 bridgehead atoms. The van der Waals surface area contributed by atoms with Crippen molar-refractivity contribution in [2.45, 2.75) is 5.03 Å². The van der Waals surface area contributed by atoms with E-state index in [0.29, 0.717) is 0 Å². The van der Waals surface area contributed by atoms with Crippen LogP contribution in [-0.4, -0.2) is 29.8 Å². The molecular formula is C7H9NO4S. The number of aliphatic carboxylic acids is 1. The third-order valence-electron chi connectivity index (χ3n) is 1.53. The Morgan fingerprint density at radius 2 is 2.23 bits per heavy atom. The van der Waals surface area contributed by atoms with Crippen LogP contribution in [0.15, 0.2) is 23.4 Å². The third kappa shape index (κ3) is 2.09. The summed E-state index contributed by atoms with van der Waals surface area (Å²) in [5.74, 6) is -2.22. The zero-order valence-corrected chi connectivity index (χ0v) is 7.78. The molecule has 0 unspecified atom stereocenters. The maximum absolute atomic E-state index is 11.3. The molecule has 0 amide bonds. The van der Waals surface area contributed by atoms with E-state index < -0.39 is 21.6 Å². The second-order valence-electron chi connectivity index (χ2n) is 2.61. The molecule has 1 N–H and O–H groups in total. The van der Waals surface area contributed by atoms with Gasteiger partial charge in [0, 0.05) is 13.2 Å². The first-order valence-corrected chi connectivity index (χ1v) is 5.14. The van der Waals surface area contributed by atoms with E-state index in [2.05, 4.69) is 0 Å². The summed E-state index contributed by atoms with van der Waals surface area (Å²) in [4.78, 5) is 10.2. The van der Waals surface area contributed by atoms with E-state index in [0.717, 1.165) is 0 Å². The molecule has 0 atom stereocenters. The van der Waals surface area contributed by atoms with Gasteiger partial charge in [-0.3, -0.25) is 4.79 Å². The van der Waals surface area contributed by atoms with Gasteiger partial charge >= 0.3 is 5.97 Å². The van der Waals surface area contributed by atoms with Crippen LogP contribution in [0.5, 0.6) is 0 Å². The third-order valence-corrected chi connectivity index (χ3v) is 3.22. The Balaban J connectivity index is 3.09. The number of hydrogen-bond acceptors (Lipinski definition) is 3. The summed E-state index contributed by atoms with van der Waals surface area (Å²) in [6, 6.07) is 2.92. The molecule has 1 aromatic rings. The molecule has 1 heterocycles. The molecule has 0 aliphatic carbocycles. The van der Waals surface area contributed by atoms with Crippen molar-refractivity contribution in [3.05, 3.63) is 18.3 Å². The molecule has 1 rings (SSSR count). The molecule has 0 saturated carbocycles. The highest BCUT2D eigenvalue weighted by Gasteiger charge is 2.20. The van der Waals surface area contributed by atoms with Crippen molar-refractivity contribution in [3.63, 3.8) is 0 Å². The fourth-order valence-corrected chi connectivity index (χ4v) is 2.26. The van der Waals surface area contributed by atoms with Gasteiger partial charge in [0.25, 0.3) is 0 Å².